The molecule has 0 aromatic carbocycles. The van der Waals surface area contributed by atoms with E-state index < -0.39 is 0 Å². The van der Waals surface area contributed by atoms with Crippen LogP contribution in [-0.4, -0.2) is 10.8 Å². The van der Waals surface area contributed by atoms with Gasteiger partial charge in [-0.1, -0.05) is 67.7 Å². The van der Waals surface area contributed by atoms with Gasteiger partial charge in [-0.25, -0.2) is 0 Å². The van der Waals surface area contributed by atoms with Crippen molar-refractivity contribution >= 4 is 12.6 Å². The van der Waals surface area contributed by atoms with Gasteiger partial charge < -0.3 is 5.73 Å². The maximum atomic E-state index is 6.13. The van der Waals surface area contributed by atoms with Gasteiger partial charge in [0.2, 0.25) is 0 Å². The summed E-state index contributed by atoms with van der Waals surface area (Å²) in [5.74, 6) is 3.29. The Morgan fingerprint density at radius 3 is 2.19 bits per heavy atom. The molecule has 1 nitrogen and oxygen atoms in total. The normalized spacial score (nSPS) is 29.3. The largest absolute Gasteiger partial charge is 0.328 e. The molecular formula is C25H51NS. The van der Waals surface area contributed by atoms with E-state index in [2.05, 4.69) is 48.5 Å². The lowest BCUT2D eigenvalue weighted by molar-refractivity contribution is 0.162. The maximum Gasteiger partial charge on any atom is 0.0101 e. The van der Waals surface area contributed by atoms with Gasteiger partial charge in [0.25, 0.3) is 0 Å². The van der Waals surface area contributed by atoms with Crippen LogP contribution in [0.25, 0.3) is 0 Å². The molecule has 0 saturated heterocycles. The lowest BCUT2D eigenvalue weighted by Crippen LogP contribution is -2.32. The molecule has 162 valence electrons. The van der Waals surface area contributed by atoms with Crippen LogP contribution in [0.2, 0.25) is 0 Å². The second-order valence-corrected chi connectivity index (χ2v) is 12.1. The van der Waals surface area contributed by atoms with E-state index in [1.165, 1.54) is 64.2 Å². The molecule has 1 aliphatic carbocycles. The van der Waals surface area contributed by atoms with E-state index in [4.69, 9.17) is 18.4 Å². The highest BCUT2D eigenvalue weighted by Gasteiger charge is 2.31. The Morgan fingerprint density at radius 1 is 1.11 bits per heavy atom. The Bertz CT molecular complexity index is 395. The van der Waals surface area contributed by atoms with E-state index in [-0.39, 0.29) is 4.75 Å². The third kappa shape index (κ3) is 9.11. The summed E-state index contributed by atoms with van der Waals surface area (Å²) in [5.41, 5.74) is 6.68. The summed E-state index contributed by atoms with van der Waals surface area (Å²) in [6, 6.07) is 0.460. The predicted molar refractivity (Wildman–Crippen MR) is 127 cm³/mol. The highest BCUT2D eigenvalue weighted by molar-refractivity contribution is 7.81. The average Bonchev–Trinajstić information content (AvgIpc) is 2.61. The van der Waals surface area contributed by atoms with Gasteiger partial charge in [0.15, 0.2) is 0 Å². The van der Waals surface area contributed by atoms with Crippen LogP contribution in [0.15, 0.2) is 0 Å². The van der Waals surface area contributed by atoms with E-state index in [9.17, 15) is 0 Å². The zero-order valence-corrected chi connectivity index (χ0v) is 20.6. The first-order valence-electron chi connectivity index (χ1n) is 12.0. The van der Waals surface area contributed by atoms with Gasteiger partial charge >= 0.3 is 0 Å². The Balaban J connectivity index is 2.65. The Hall–Kier alpha value is 0.310. The van der Waals surface area contributed by atoms with Gasteiger partial charge in [0, 0.05) is 10.8 Å². The van der Waals surface area contributed by atoms with Crippen LogP contribution in [0.5, 0.6) is 0 Å². The molecule has 0 spiro atoms. The maximum absolute atomic E-state index is 6.13. The van der Waals surface area contributed by atoms with Gasteiger partial charge in [-0.05, 0) is 80.5 Å². The van der Waals surface area contributed by atoms with Gasteiger partial charge in [-0.15, -0.1) is 0 Å². The van der Waals surface area contributed by atoms with Crippen LogP contribution >= 0.6 is 12.6 Å². The first kappa shape index (κ1) is 25.3. The Kier molecular flexibility index (Phi) is 10.8. The van der Waals surface area contributed by atoms with E-state index in [1.54, 1.807) is 0 Å². The molecule has 1 rings (SSSR count). The summed E-state index contributed by atoms with van der Waals surface area (Å²) in [5, 5.41) is 0. The van der Waals surface area contributed by atoms with E-state index >= 15 is 0 Å². The Morgan fingerprint density at radius 2 is 1.70 bits per heavy atom. The summed E-state index contributed by atoms with van der Waals surface area (Å²) < 4.78 is 0.181. The van der Waals surface area contributed by atoms with Gasteiger partial charge in [0.1, 0.15) is 0 Å². The summed E-state index contributed by atoms with van der Waals surface area (Å²) in [7, 11) is 0. The zero-order chi connectivity index (χ0) is 20.7. The third-order valence-corrected chi connectivity index (χ3v) is 8.50. The van der Waals surface area contributed by atoms with Crippen molar-refractivity contribution in [1.29, 1.82) is 0 Å². The monoisotopic (exact) mass is 397 g/mol. The molecule has 0 bridgehead atoms. The van der Waals surface area contributed by atoms with Crippen LogP contribution in [0.3, 0.4) is 0 Å². The first-order valence-corrected chi connectivity index (χ1v) is 12.4. The van der Waals surface area contributed by atoms with Crippen molar-refractivity contribution in [3.8, 4) is 0 Å². The minimum Gasteiger partial charge on any atom is -0.328 e. The molecule has 0 amide bonds. The minimum atomic E-state index is 0.181. The second kappa shape index (κ2) is 11.5. The standard InChI is InChI=1S/C25H51NS/c1-8-21(19(3)4)17-20(5)22(18-25(7,27)9-2)11-10-14-24(6)15-12-23(26)13-16-24/h19-23,27H,8-18,26H2,1-7H3. The number of nitrogens with two attached hydrogens (primary N) is 1. The van der Waals surface area contributed by atoms with Gasteiger partial charge in [0.05, 0.1) is 0 Å². The Labute approximate surface area is 177 Å². The van der Waals surface area contributed by atoms with Crippen LogP contribution < -0.4 is 5.73 Å². The molecule has 0 radical (unpaired) electrons. The average molecular weight is 398 g/mol. The number of hydrogen-bond donors (Lipinski definition) is 2. The van der Waals surface area contributed by atoms with Crippen molar-refractivity contribution in [3.05, 3.63) is 0 Å². The third-order valence-electron chi connectivity index (χ3n) is 8.00. The SMILES string of the molecule is CCC(CC(C)C(CCCC1(C)CCC(N)CC1)CC(C)(S)CC)C(C)C. The fraction of sp³-hybridized carbons (Fsp3) is 1.00. The van der Waals surface area contributed by atoms with Gasteiger partial charge in [-0.3, -0.25) is 0 Å². The predicted octanol–water partition coefficient (Wildman–Crippen LogP) is 7.88. The summed E-state index contributed by atoms with van der Waals surface area (Å²) in [6.45, 7) is 16.9. The number of hydrogen-bond acceptors (Lipinski definition) is 2. The summed E-state index contributed by atoms with van der Waals surface area (Å²) in [4.78, 5) is 0. The van der Waals surface area contributed by atoms with E-state index in [0.29, 0.717) is 11.5 Å². The number of thiol groups is 1. The van der Waals surface area contributed by atoms with Crippen molar-refractivity contribution in [2.75, 3.05) is 0 Å². The molecule has 2 N–H and O–H groups in total. The fourth-order valence-corrected chi connectivity index (χ4v) is 5.49. The summed E-state index contributed by atoms with van der Waals surface area (Å²) in [6.07, 6.45) is 14.4. The molecule has 0 heterocycles. The highest BCUT2D eigenvalue weighted by Crippen LogP contribution is 2.42. The first-order chi connectivity index (χ1) is 12.5. The smallest absolute Gasteiger partial charge is 0.0101 e. The summed E-state index contributed by atoms with van der Waals surface area (Å²) >= 11 is 5.01. The highest BCUT2D eigenvalue weighted by atomic mass is 32.1. The molecule has 4 atom stereocenters. The lowest BCUT2D eigenvalue weighted by Gasteiger charge is -2.38. The van der Waals surface area contributed by atoms with E-state index in [1.807, 2.05) is 0 Å². The molecule has 0 aliphatic heterocycles. The topological polar surface area (TPSA) is 26.0 Å². The molecule has 0 aromatic rings. The molecule has 4 unspecified atom stereocenters. The van der Waals surface area contributed by atoms with Crippen LogP contribution in [0.1, 0.15) is 119 Å². The molecule has 0 aromatic heterocycles. The lowest BCUT2D eigenvalue weighted by atomic mass is 9.69. The van der Waals surface area contributed by atoms with Crippen molar-refractivity contribution < 1.29 is 0 Å². The van der Waals surface area contributed by atoms with Crippen LogP contribution in [-0.2, 0) is 0 Å². The van der Waals surface area contributed by atoms with Crippen molar-refractivity contribution in [2.24, 2.45) is 34.8 Å². The fourth-order valence-electron chi connectivity index (χ4n) is 5.26. The van der Waals surface area contributed by atoms with Crippen LogP contribution in [0, 0.1) is 29.1 Å². The molecule has 27 heavy (non-hydrogen) atoms. The minimum absolute atomic E-state index is 0.181. The zero-order valence-electron chi connectivity index (χ0n) is 19.7. The quantitative estimate of drug-likeness (QED) is 0.322. The molecule has 2 heteroatoms. The molecule has 1 fully saturated rings. The van der Waals surface area contributed by atoms with Gasteiger partial charge in [-0.2, -0.15) is 12.6 Å². The molecule has 1 saturated carbocycles. The number of rotatable bonds is 12. The van der Waals surface area contributed by atoms with Crippen molar-refractivity contribution in [2.45, 2.75) is 130 Å². The molecule has 1 aliphatic rings. The second-order valence-electron chi connectivity index (χ2n) is 11.0. The van der Waals surface area contributed by atoms with E-state index in [0.717, 1.165) is 30.1 Å². The molecular weight excluding hydrogens is 346 g/mol. The van der Waals surface area contributed by atoms with Crippen molar-refractivity contribution in [1.82, 2.24) is 0 Å². The van der Waals surface area contributed by atoms with Crippen LogP contribution in [0.4, 0.5) is 0 Å². The van der Waals surface area contributed by atoms with Crippen molar-refractivity contribution in [3.63, 3.8) is 0 Å².